The Hall–Kier alpha value is -3.16. The Morgan fingerprint density at radius 2 is 1.79 bits per heavy atom. The van der Waals surface area contributed by atoms with Crippen LogP contribution in [0.1, 0.15) is 45.9 Å². The molecule has 33 heavy (non-hydrogen) atoms. The van der Waals surface area contributed by atoms with Gasteiger partial charge in [0, 0.05) is 19.2 Å². The molecule has 0 aliphatic heterocycles. The Balaban J connectivity index is 1.59. The van der Waals surface area contributed by atoms with E-state index in [1.807, 2.05) is 48.5 Å². The molecule has 0 spiro atoms. The van der Waals surface area contributed by atoms with Crippen molar-refractivity contribution in [3.63, 3.8) is 0 Å². The van der Waals surface area contributed by atoms with Gasteiger partial charge in [0.05, 0.1) is 13.2 Å². The molecule has 4 rings (SSSR count). The number of rotatable bonds is 7. The van der Waals surface area contributed by atoms with E-state index in [9.17, 15) is 13.2 Å². The summed E-state index contributed by atoms with van der Waals surface area (Å²) in [5, 5.41) is 3.09. The first-order chi connectivity index (χ1) is 15.9. The van der Waals surface area contributed by atoms with Crippen LogP contribution in [0.15, 0.2) is 77.7 Å². The first-order valence-electron chi connectivity index (χ1n) is 11.0. The molecule has 0 bridgehead atoms. The summed E-state index contributed by atoms with van der Waals surface area (Å²) in [6, 6.07) is 21.9. The number of carbonyl (C=O) groups is 1. The highest BCUT2D eigenvalue weighted by Crippen LogP contribution is 2.31. The van der Waals surface area contributed by atoms with Crippen LogP contribution in [-0.4, -0.2) is 32.8 Å². The quantitative estimate of drug-likeness (QED) is 0.565. The number of nitrogens with zero attached hydrogens (tertiary/aromatic N) is 1. The number of aryl methyl sites for hydroxylation is 1. The van der Waals surface area contributed by atoms with Gasteiger partial charge < -0.3 is 10.1 Å². The highest BCUT2D eigenvalue weighted by atomic mass is 32.2. The van der Waals surface area contributed by atoms with Crippen LogP contribution in [0.25, 0.3) is 0 Å². The van der Waals surface area contributed by atoms with E-state index in [-0.39, 0.29) is 34.7 Å². The summed E-state index contributed by atoms with van der Waals surface area (Å²) in [7, 11) is -0.947. The molecule has 0 aromatic heterocycles. The van der Waals surface area contributed by atoms with Gasteiger partial charge in [-0.1, -0.05) is 54.6 Å². The Kier molecular flexibility index (Phi) is 6.81. The number of hydrogen-bond donors (Lipinski definition) is 1. The minimum Gasteiger partial charge on any atom is -0.495 e. The smallest absolute Gasteiger partial charge is 0.251 e. The molecule has 0 radical (unpaired) electrons. The largest absolute Gasteiger partial charge is 0.495 e. The SMILES string of the molecule is COc1ccc(C(=O)NC2CCCc3ccccc32)cc1S(=O)(=O)N(C)Cc1ccccc1. The number of ether oxygens (including phenoxy) is 1. The Labute approximate surface area is 195 Å². The van der Waals surface area contributed by atoms with E-state index >= 15 is 0 Å². The summed E-state index contributed by atoms with van der Waals surface area (Å²) in [6.07, 6.45) is 2.85. The maximum absolute atomic E-state index is 13.4. The number of carbonyl (C=O) groups excluding carboxylic acids is 1. The van der Waals surface area contributed by atoms with Crippen LogP contribution < -0.4 is 10.1 Å². The molecule has 1 aliphatic rings. The van der Waals surface area contributed by atoms with Crippen molar-refractivity contribution in [1.29, 1.82) is 0 Å². The molecule has 0 saturated carbocycles. The molecule has 6 nitrogen and oxygen atoms in total. The molecule has 3 aromatic carbocycles. The van der Waals surface area contributed by atoms with Gasteiger partial charge in [-0.15, -0.1) is 0 Å². The van der Waals surface area contributed by atoms with E-state index in [1.165, 1.54) is 36.2 Å². The van der Waals surface area contributed by atoms with Crippen LogP contribution in [0.3, 0.4) is 0 Å². The van der Waals surface area contributed by atoms with Crippen molar-refractivity contribution in [3.8, 4) is 5.75 Å². The third-order valence-electron chi connectivity index (χ3n) is 6.04. The molecule has 0 heterocycles. The van der Waals surface area contributed by atoms with Gasteiger partial charge in [0.15, 0.2) is 0 Å². The molecule has 172 valence electrons. The normalized spacial score (nSPS) is 15.7. The minimum atomic E-state index is -3.89. The van der Waals surface area contributed by atoms with Gasteiger partial charge in [-0.2, -0.15) is 4.31 Å². The van der Waals surface area contributed by atoms with Gasteiger partial charge in [0.1, 0.15) is 10.6 Å². The third kappa shape index (κ3) is 4.94. The van der Waals surface area contributed by atoms with Crippen molar-refractivity contribution >= 4 is 15.9 Å². The highest BCUT2D eigenvalue weighted by molar-refractivity contribution is 7.89. The molecule has 1 amide bonds. The zero-order chi connectivity index (χ0) is 23.4. The fourth-order valence-electron chi connectivity index (χ4n) is 4.26. The molecule has 0 saturated heterocycles. The average Bonchev–Trinajstić information content (AvgIpc) is 2.84. The van der Waals surface area contributed by atoms with E-state index < -0.39 is 10.0 Å². The van der Waals surface area contributed by atoms with Gasteiger partial charge in [-0.3, -0.25) is 4.79 Å². The van der Waals surface area contributed by atoms with Crippen LogP contribution in [0.4, 0.5) is 0 Å². The van der Waals surface area contributed by atoms with E-state index in [0.717, 1.165) is 30.4 Å². The number of hydrogen-bond acceptors (Lipinski definition) is 4. The fourth-order valence-corrected chi connectivity index (χ4v) is 5.59. The van der Waals surface area contributed by atoms with Crippen LogP contribution >= 0.6 is 0 Å². The van der Waals surface area contributed by atoms with Gasteiger partial charge in [0.2, 0.25) is 10.0 Å². The van der Waals surface area contributed by atoms with Gasteiger partial charge >= 0.3 is 0 Å². The number of nitrogens with one attached hydrogen (secondary N) is 1. The summed E-state index contributed by atoms with van der Waals surface area (Å²) in [5.41, 5.74) is 3.52. The van der Waals surface area contributed by atoms with Crippen LogP contribution in [0.2, 0.25) is 0 Å². The van der Waals surface area contributed by atoms with Crippen molar-refractivity contribution < 1.29 is 17.9 Å². The summed E-state index contributed by atoms with van der Waals surface area (Å²) in [5.74, 6) is -0.101. The lowest BCUT2D eigenvalue weighted by molar-refractivity contribution is 0.0932. The molecule has 1 N–H and O–H groups in total. The summed E-state index contributed by atoms with van der Waals surface area (Å²) in [4.78, 5) is 13.1. The number of amides is 1. The molecule has 1 atom stereocenters. The van der Waals surface area contributed by atoms with Crippen molar-refractivity contribution in [3.05, 3.63) is 95.1 Å². The lowest BCUT2D eigenvalue weighted by Gasteiger charge is -2.26. The van der Waals surface area contributed by atoms with Crippen LogP contribution in [0.5, 0.6) is 5.75 Å². The predicted octanol–water partition coefficient (Wildman–Crippen LogP) is 4.32. The average molecular weight is 465 g/mol. The Bertz CT molecular complexity index is 1240. The van der Waals surface area contributed by atoms with E-state index in [4.69, 9.17) is 4.74 Å². The van der Waals surface area contributed by atoms with Gasteiger partial charge in [0.25, 0.3) is 5.91 Å². The standard InChI is InChI=1S/C26H28N2O4S/c1-28(18-19-9-4-3-5-10-19)33(30,31)25-17-21(15-16-24(25)32-2)26(29)27-23-14-8-12-20-11-6-7-13-22(20)23/h3-7,9-11,13,15-17,23H,8,12,14,18H2,1-2H3,(H,27,29). The number of benzene rings is 3. The third-order valence-corrected chi connectivity index (χ3v) is 7.86. The van der Waals surface area contributed by atoms with Crippen molar-refractivity contribution in [2.75, 3.05) is 14.2 Å². The maximum Gasteiger partial charge on any atom is 0.251 e. The molecular weight excluding hydrogens is 436 g/mol. The van der Waals surface area contributed by atoms with Gasteiger partial charge in [-0.25, -0.2) is 8.42 Å². The molecule has 1 unspecified atom stereocenters. The first kappa shape index (κ1) is 23.0. The molecule has 0 fully saturated rings. The molecule has 7 heteroatoms. The lowest BCUT2D eigenvalue weighted by Crippen LogP contribution is -2.31. The monoisotopic (exact) mass is 464 g/mol. The molecule has 1 aliphatic carbocycles. The second-order valence-corrected chi connectivity index (χ2v) is 10.2. The number of methoxy groups -OCH3 is 1. The molecule has 3 aromatic rings. The summed E-state index contributed by atoms with van der Waals surface area (Å²) >= 11 is 0. The predicted molar refractivity (Wildman–Crippen MR) is 128 cm³/mol. The lowest BCUT2D eigenvalue weighted by atomic mass is 9.87. The number of sulfonamides is 1. The van der Waals surface area contributed by atoms with E-state index in [0.29, 0.717) is 0 Å². The maximum atomic E-state index is 13.4. The first-order valence-corrected chi connectivity index (χ1v) is 12.4. The second kappa shape index (κ2) is 9.77. The van der Waals surface area contributed by atoms with Crippen LogP contribution in [-0.2, 0) is 23.0 Å². The second-order valence-electron chi connectivity index (χ2n) is 8.23. The zero-order valence-electron chi connectivity index (χ0n) is 18.8. The topological polar surface area (TPSA) is 75.7 Å². The fraction of sp³-hybridized carbons (Fsp3) is 0.269. The van der Waals surface area contributed by atoms with Gasteiger partial charge in [-0.05, 0) is 54.2 Å². The Morgan fingerprint density at radius 1 is 1.06 bits per heavy atom. The molecular formula is C26H28N2O4S. The minimum absolute atomic E-state index is 0.0277. The number of fused-ring (bicyclic) bond motifs is 1. The Morgan fingerprint density at radius 3 is 2.55 bits per heavy atom. The van der Waals surface area contributed by atoms with Crippen molar-refractivity contribution in [2.24, 2.45) is 0 Å². The van der Waals surface area contributed by atoms with E-state index in [1.54, 1.807) is 6.07 Å². The van der Waals surface area contributed by atoms with Crippen LogP contribution in [0, 0.1) is 0 Å². The summed E-state index contributed by atoms with van der Waals surface area (Å²) in [6.45, 7) is 0.210. The zero-order valence-corrected chi connectivity index (χ0v) is 19.6. The van der Waals surface area contributed by atoms with Crippen molar-refractivity contribution in [2.45, 2.75) is 36.7 Å². The van der Waals surface area contributed by atoms with E-state index in [2.05, 4.69) is 11.4 Å². The van der Waals surface area contributed by atoms with Crippen molar-refractivity contribution in [1.82, 2.24) is 9.62 Å². The summed E-state index contributed by atoms with van der Waals surface area (Å²) < 4.78 is 33.3. The highest BCUT2D eigenvalue weighted by Gasteiger charge is 2.27.